The molecule has 0 radical (unpaired) electrons. The Labute approximate surface area is 109 Å². The highest BCUT2D eigenvalue weighted by molar-refractivity contribution is 5.80. The lowest BCUT2D eigenvalue weighted by Gasteiger charge is -2.14. The van der Waals surface area contributed by atoms with Crippen molar-refractivity contribution in [3.05, 3.63) is 29.8 Å². The van der Waals surface area contributed by atoms with Crippen molar-refractivity contribution in [1.82, 2.24) is 10.6 Å². The molecule has 1 atom stereocenters. The van der Waals surface area contributed by atoms with Crippen LogP contribution in [0.4, 0.5) is 0 Å². The van der Waals surface area contributed by atoms with Crippen LogP contribution in [0.3, 0.4) is 0 Å². The fourth-order valence-electron chi connectivity index (χ4n) is 1.47. The molecule has 1 rings (SSSR count). The van der Waals surface area contributed by atoms with Crippen LogP contribution in [-0.4, -0.2) is 31.6 Å². The number of aryl methyl sites for hydroxylation is 1. The monoisotopic (exact) mass is 250 g/mol. The average molecular weight is 250 g/mol. The predicted octanol–water partition coefficient (Wildman–Crippen LogP) is 1.49. The van der Waals surface area contributed by atoms with Gasteiger partial charge in [0.2, 0.25) is 0 Å². The van der Waals surface area contributed by atoms with E-state index >= 15 is 0 Å². The second kappa shape index (κ2) is 7.71. The highest BCUT2D eigenvalue weighted by atomic mass is 16.5. The van der Waals surface area contributed by atoms with E-state index in [1.165, 1.54) is 5.56 Å². The second-order valence-electron chi connectivity index (χ2n) is 4.22. The first-order valence-corrected chi connectivity index (χ1v) is 6.35. The van der Waals surface area contributed by atoms with E-state index in [9.17, 15) is 4.79 Å². The number of benzene rings is 1. The van der Waals surface area contributed by atoms with Crippen molar-refractivity contribution < 1.29 is 9.53 Å². The van der Waals surface area contributed by atoms with Crippen LogP contribution in [0.1, 0.15) is 19.4 Å². The summed E-state index contributed by atoms with van der Waals surface area (Å²) >= 11 is 0. The Morgan fingerprint density at radius 1 is 1.28 bits per heavy atom. The van der Waals surface area contributed by atoms with Crippen LogP contribution in [0.5, 0.6) is 5.75 Å². The number of hydrogen-bond donors (Lipinski definition) is 2. The quantitative estimate of drug-likeness (QED) is 0.721. The second-order valence-corrected chi connectivity index (χ2v) is 4.22. The van der Waals surface area contributed by atoms with Crippen molar-refractivity contribution in [1.29, 1.82) is 0 Å². The molecule has 4 heteroatoms. The summed E-state index contributed by atoms with van der Waals surface area (Å²) in [6.45, 7) is 8.10. The molecule has 2 N–H and O–H groups in total. The molecule has 1 unspecified atom stereocenters. The van der Waals surface area contributed by atoms with Crippen molar-refractivity contribution in [2.75, 3.05) is 19.6 Å². The Morgan fingerprint density at radius 3 is 2.56 bits per heavy atom. The van der Waals surface area contributed by atoms with Gasteiger partial charge in [0.25, 0.3) is 5.91 Å². The third-order valence-electron chi connectivity index (χ3n) is 2.55. The first-order chi connectivity index (χ1) is 8.63. The largest absolute Gasteiger partial charge is 0.481 e. The maximum atomic E-state index is 11.7. The molecule has 0 spiro atoms. The molecule has 1 aromatic rings. The zero-order valence-electron chi connectivity index (χ0n) is 11.3. The van der Waals surface area contributed by atoms with Crippen LogP contribution < -0.4 is 15.4 Å². The molecule has 1 aromatic carbocycles. The molecular formula is C14H22N2O2. The number of amides is 1. The van der Waals surface area contributed by atoms with Gasteiger partial charge in [0, 0.05) is 13.1 Å². The van der Waals surface area contributed by atoms with Crippen molar-refractivity contribution in [2.24, 2.45) is 0 Å². The number of rotatable bonds is 7. The van der Waals surface area contributed by atoms with E-state index in [-0.39, 0.29) is 5.91 Å². The van der Waals surface area contributed by atoms with Crippen molar-refractivity contribution in [2.45, 2.75) is 26.9 Å². The summed E-state index contributed by atoms with van der Waals surface area (Å²) in [5, 5.41) is 5.97. The van der Waals surface area contributed by atoms with Gasteiger partial charge >= 0.3 is 0 Å². The van der Waals surface area contributed by atoms with Crippen molar-refractivity contribution in [3.8, 4) is 5.75 Å². The lowest BCUT2D eigenvalue weighted by atomic mass is 10.2. The maximum absolute atomic E-state index is 11.7. The van der Waals surface area contributed by atoms with Crippen molar-refractivity contribution >= 4 is 5.91 Å². The van der Waals surface area contributed by atoms with E-state index in [0.717, 1.165) is 18.8 Å². The van der Waals surface area contributed by atoms with E-state index in [4.69, 9.17) is 4.74 Å². The van der Waals surface area contributed by atoms with Crippen LogP contribution in [0.2, 0.25) is 0 Å². The number of ether oxygens (including phenoxy) is 1. The molecule has 0 saturated heterocycles. The molecule has 0 aliphatic rings. The fraction of sp³-hybridized carbons (Fsp3) is 0.500. The van der Waals surface area contributed by atoms with Gasteiger partial charge in [-0.3, -0.25) is 4.79 Å². The number of carbonyl (C=O) groups excluding carboxylic acids is 1. The standard InChI is InChI=1S/C14H22N2O2/c1-4-15-9-10-16-14(17)12(3)18-13-7-5-11(2)6-8-13/h5-8,12,15H,4,9-10H2,1-3H3,(H,16,17). The lowest BCUT2D eigenvalue weighted by molar-refractivity contribution is -0.127. The zero-order chi connectivity index (χ0) is 13.4. The van der Waals surface area contributed by atoms with E-state index in [1.807, 2.05) is 38.1 Å². The number of hydrogen-bond acceptors (Lipinski definition) is 3. The Kier molecular flexibility index (Phi) is 6.22. The molecule has 0 bridgehead atoms. The maximum Gasteiger partial charge on any atom is 0.260 e. The summed E-state index contributed by atoms with van der Waals surface area (Å²) in [5.41, 5.74) is 1.17. The van der Waals surface area contributed by atoms with E-state index < -0.39 is 6.10 Å². The van der Waals surface area contributed by atoms with Crippen LogP contribution in [0.15, 0.2) is 24.3 Å². The third-order valence-corrected chi connectivity index (χ3v) is 2.55. The molecule has 1 amide bonds. The topological polar surface area (TPSA) is 50.4 Å². The molecular weight excluding hydrogens is 228 g/mol. The average Bonchev–Trinajstić information content (AvgIpc) is 2.37. The summed E-state index contributed by atoms with van der Waals surface area (Å²) in [5.74, 6) is 0.628. The van der Waals surface area contributed by atoms with Gasteiger partial charge in [0.05, 0.1) is 0 Å². The summed E-state index contributed by atoms with van der Waals surface area (Å²) in [6, 6.07) is 7.67. The molecule has 100 valence electrons. The summed E-state index contributed by atoms with van der Waals surface area (Å²) in [6.07, 6.45) is -0.477. The minimum atomic E-state index is -0.477. The summed E-state index contributed by atoms with van der Waals surface area (Å²) in [7, 11) is 0. The number of nitrogens with one attached hydrogen (secondary N) is 2. The molecule has 18 heavy (non-hydrogen) atoms. The first kappa shape index (κ1) is 14.5. The molecule has 0 aliphatic carbocycles. The van der Waals surface area contributed by atoms with Gasteiger partial charge in [-0.1, -0.05) is 24.6 Å². The van der Waals surface area contributed by atoms with Crippen LogP contribution >= 0.6 is 0 Å². The Hall–Kier alpha value is -1.55. The highest BCUT2D eigenvalue weighted by Gasteiger charge is 2.13. The normalized spacial score (nSPS) is 11.9. The Bertz CT molecular complexity index is 363. The highest BCUT2D eigenvalue weighted by Crippen LogP contribution is 2.13. The van der Waals surface area contributed by atoms with Gasteiger partial charge in [-0.2, -0.15) is 0 Å². The van der Waals surface area contributed by atoms with Gasteiger partial charge in [0.1, 0.15) is 5.75 Å². The van der Waals surface area contributed by atoms with E-state index in [2.05, 4.69) is 10.6 Å². The molecule has 0 fully saturated rings. The number of carbonyl (C=O) groups is 1. The summed E-state index contributed by atoms with van der Waals surface area (Å²) < 4.78 is 5.56. The molecule has 0 aliphatic heterocycles. The van der Waals surface area contributed by atoms with Crippen molar-refractivity contribution in [3.63, 3.8) is 0 Å². The zero-order valence-corrected chi connectivity index (χ0v) is 11.3. The lowest BCUT2D eigenvalue weighted by Crippen LogP contribution is -2.39. The Balaban J connectivity index is 2.33. The van der Waals surface area contributed by atoms with Crippen LogP contribution in [0, 0.1) is 6.92 Å². The fourth-order valence-corrected chi connectivity index (χ4v) is 1.47. The van der Waals surface area contributed by atoms with Gasteiger partial charge in [-0.05, 0) is 32.5 Å². The molecule has 0 aromatic heterocycles. The summed E-state index contributed by atoms with van der Waals surface area (Å²) in [4.78, 5) is 11.7. The first-order valence-electron chi connectivity index (χ1n) is 6.35. The van der Waals surface area contributed by atoms with E-state index in [0.29, 0.717) is 6.54 Å². The van der Waals surface area contributed by atoms with Gasteiger partial charge in [0.15, 0.2) is 6.10 Å². The predicted molar refractivity (Wildman–Crippen MR) is 72.8 cm³/mol. The van der Waals surface area contributed by atoms with Gasteiger partial charge in [-0.25, -0.2) is 0 Å². The van der Waals surface area contributed by atoms with Gasteiger partial charge in [-0.15, -0.1) is 0 Å². The van der Waals surface area contributed by atoms with Crippen LogP contribution in [-0.2, 0) is 4.79 Å². The Morgan fingerprint density at radius 2 is 1.94 bits per heavy atom. The third kappa shape index (κ3) is 5.19. The van der Waals surface area contributed by atoms with Crippen LogP contribution in [0.25, 0.3) is 0 Å². The molecule has 0 saturated carbocycles. The van der Waals surface area contributed by atoms with Gasteiger partial charge < -0.3 is 15.4 Å². The van der Waals surface area contributed by atoms with E-state index in [1.54, 1.807) is 6.92 Å². The minimum absolute atomic E-state index is 0.0894. The SMILES string of the molecule is CCNCCNC(=O)C(C)Oc1ccc(C)cc1. The molecule has 0 heterocycles. The molecule has 4 nitrogen and oxygen atoms in total. The smallest absolute Gasteiger partial charge is 0.260 e. The minimum Gasteiger partial charge on any atom is -0.481 e. The number of likely N-dealkylation sites (N-methyl/N-ethyl adjacent to an activating group) is 1.